The first-order chi connectivity index (χ1) is 10.4. The average molecular weight is 349 g/mol. The van der Waals surface area contributed by atoms with Crippen LogP contribution in [0.25, 0.3) is 0 Å². The summed E-state index contributed by atoms with van der Waals surface area (Å²) in [4.78, 5) is 23.9. The largest absolute Gasteiger partial charge is 0.469 e. The minimum Gasteiger partial charge on any atom is -0.469 e. The van der Waals surface area contributed by atoms with Crippen molar-refractivity contribution in [3.05, 3.63) is 0 Å². The molecule has 2 heterocycles. The summed E-state index contributed by atoms with van der Waals surface area (Å²) in [6.45, 7) is 2.10. The van der Waals surface area contributed by atoms with E-state index in [9.17, 15) is 9.59 Å². The average Bonchev–Trinajstić information content (AvgIpc) is 2.77. The maximum atomic E-state index is 12.4. The molecule has 3 unspecified atom stereocenters. The molecule has 1 amide bonds. The number of hydrogen-bond donors (Lipinski definition) is 2. The molecule has 0 aliphatic carbocycles. The van der Waals surface area contributed by atoms with Crippen molar-refractivity contribution in [3.8, 4) is 0 Å². The van der Waals surface area contributed by atoms with Gasteiger partial charge in [0.1, 0.15) is 0 Å². The van der Waals surface area contributed by atoms with Crippen LogP contribution in [0.3, 0.4) is 0 Å². The van der Waals surface area contributed by atoms with E-state index in [2.05, 4.69) is 10.6 Å². The Balaban J connectivity index is 0.00000264. The number of esters is 1. The van der Waals surface area contributed by atoms with Gasteiger partial charge in [-0.1, -0.05) is 0 Å². The number of methoxy groups -OCH3 is 2. The first-order valence-corrected chi connectivity index (χ1v) is 8.07. The van der Waals surface area contributed by atoms with E-state index in [-0.39, 0.29) is 37.3 Å². The Morgan fingerprint density at radius 2 is 1.83 bits per heavy atom. The fourth-order valence-electron chi connectivity index (χ4n) is 3.83. The van der Waals surface area contributed by atoms with E-state index in [1.54, 1.807) is 7.11 Å². The molecule has 2 aliphatic rings. The number of fused-ring (bicyclic) bond motifs is 2. The molecule has 0 spiro atoms. The van der Waals surface area contributed by atoms with E-state index in [0.717, 1.165) is 12.8 Å². The Bertz CT molecular complexity index is 409. The van der Waals surface area contributed by atoms with Gasteiger partial charge >= 0.3 is 5.97 Å². The van der Waals surface area contributed by atoms with Crippen molar-refractivity contribution in [2.24, 2.45) is 5.92 Å². The summed E-state index contributed by atoms with van der Waals surface area (Å²) in [6.07, 6.45) is 5.23. The van der Waals surface area contributed by atoms with Crippen LogP contribution in [0.15, 0.2) is 0 Å². The molecule has 2 N–H and O–H groups in total. The maximum absolute atomic E-state index is 12.4. The number of nitrogens with one attached hydrogen (secondary N) is 2. The van der Waals surface area contributed by atoms with E-state index >= 15 is 0 Å². The second kappa shape index (κ2) is 8.85. The van der Waals surface area contributed by atoms with Crippen molar-refractivity contribution >= 4 is 24.3 Å². The molecule has 23 heavy (non-hydrogen) atoms. The maximum Gasteiger partial charge on any atom is 0.307 e. The van der Waals surface area contributed by atoms with Crippen LogP contribution in [-0.4, -0.2) is 50.3 Å². The van der Waals surface area contributed by atoms with E-state index < -0.39 is 5.54 Å². The molecular weight excluding hydrogens is 320 g/mol. The van der Waals surface area contributed by atoms with E-state index in [4.69, 9.17) is 9.47 Å². The first-order valence-electron chi connectivity index (χ1n) is 8.07. The normalized spacial score (nSPS) is 28.4. The Labute approximate surface area is 144 Å². The van der Waals surface area contributed by atoms with Crippen molar-refractivity contribution in [2.45, 2.75) is 63.1 Å². The quantitative estimate of drug-likeness (QED) is 0.680. The summed E-state index contributed by atoms with van der Waals surface area (Å²) < 4.78 is 9.86. The number of halogens is 1. The Kier molecular flexibility index (Phi) is 7.77. The molecule has 6 nitrogen and oxygen atoms in total. The highest BCUT2D eigenvalue weighted by Gasteiger charge is 2.36. The summed E-state index contributed by atoms with van der Waals surface area (Å²) in [6, 6.07) is 1.16. The van der Waals surface area contributed by atoms with Crippen molar-refractivity contribution in [1.82, 2.24) is 10.6 Å². The molecule has 0 aromatic carbocycles. The standard InChI is InChI=1S/C16H28N2O4.ClH/c1-16(10-21-2,9-15(20)22-3)18-14(19)8-11-6-12-4-5-13(7-11)17-12;/h11-13,17H,4-10H2,1-3H3,(H,18,19);1H. The van der Waals surface area contributed by atoms with Gasteiger partial charge in [-0.25, -0.2) is 0 Å². The van der Waals surface area contributed by atoms with Crippen LogP contribution >= 0.6 is 12.4 Å². The zero-order valence-electron chi connectivity index (χ0n) is 14.2. The molecule has 134 valence electrons. The van der Waals surface area contributed by atoms with Gasteiger partial charge in [0.25, 0.3) is 0 Å². The van der Waals surface area contributed by atoms with Gasteiger partial charge in [0.15, 0.2) is 0 Å². The van der Waals surface area contributed by atoms with E-state index in [1.165, 1.54) is 20.0 Å². The van der Waals surface area contributed by atoms with Crippen LogP contribution in [0, 0.1) is 5.92 Å². The molecular formula is C16H29ClN2O4. The number of hydrogen-bond acceptors (Lipinski definition) is 5. The Hall–Kier alpha value is -0.850. The minimum atomic E-state index is -0.717. The Morgan fingerprint density at radius 3 is 2.35 bits per heavy atom. The van der Waals surface area contributed by atoms with E-state index in [1.807, 2.05) is 6.92 Å². The third-order valence-corrected chi connectivity index (χ3v) is 4.71. The summed E-state index contributed by atoms with van der Waals surface area (Å²) in [5.74, 6) is 0.0817. The van der Waals surface area contributed by atoms with Gasteiger partial charge in [0.2, 0.25) is 5.91 Å². The van der Waals surface area contributed by atoms with Gasteiger partial charge in [-0.3, -0.25) is 9.59 Å². The first kappa shape index (κ1) is 20.2. The van der Waals surface area contributed by atoms with Gasteiger partial charge in [-0.15, -0.1) is 12.4 Å². The molecule has 0 radical (unpaired) electrons. The molecule has 2 rings (SSSR count). The highest BCUT2D eigenvalue weighted by atomic mass is 35.5. The molecule has 2 saturated heterocycles. The lowest BCUT2D eigenvalue weighted by atomic mass is 9.89. The molecule has 7 heteroatoms. The number of amides is 1. The second-order valence-corrected chi connectivity index (χ2v) is 6.97. The predicted octanol–water partition coefficient (Wildman–Crippen LogP) is 1.41. The third-order valence-electron chi connectivity index (χ3n) is 4.71. The zero-order valence-corrected chi connectivity index (χ0v) is 15.0. The zero-order chi connectivity index (χ0) is 16.2. The van der Waals surface area contributed by atoms with Crippen LogP contribution in [-0.2, 0) is 19.1 Å². The van der Waals surface area contributed by atoms with Gasteiger partial charge in [0, 0.05) is 25.6 Å². The number of ether oxygens (including phenoxy) is 2. The lowest BCUT2D eigenvalue weighted by Gasteiger charge is -2.32. The molecule has 2 bridgehead atoms. The van der Waals surface area contributed by atoms with Crippen molar-refractivity contribution in [1.29, 1.82) is 0 Å². The number of carbonyl (C=O) groups is 2. The molecule has 3 atom stereocenters. The monoisotopic (exact) mass is 348 g/mol. The Morgan fingerprint density at radius 1 is 1.22 bits per heavy atom. The van der Waals surface area contributed by atoms with Crippen LogP contribution in [0.4, 0.5) is 0 Å². The van der Waals surface area contributed by atoms with Crippen LogP contribution in [0.1, 0.15) is 45.4 Å². The lowest BCUT2D eigenvalue weighted by molar-refractivity contribution is -0.143. The fourth-order valence-corrected chi connectivity index (χ4v) is 3.83. The van der Waals surface area contributed by atoms with E-state index in [0.29, 0.717) is 24.4 Å². The molecule has 0 aromatic heterocycles. The highest BCUT2D eigenvalue weighted by Crippen LogP contribution is 2.32. The molecule has 2 fully saturated rings. The van der Waals surface area contributed by atoms with Crippen LogP contribution in [0.2, 0.25) is 0 Å². The van der Waals surface area contributed by atoms with Crippen molar-refractivity contribution in [3.63, 3.8) is 0 Å². The van der Waals surface area contributed by atoms with Crippen molar-refractivity contribution in [2.75, 3.05) is 20.8 Å². The summed E-state index contributed by atoms with van der Waals surface area (Å²) in [5, 5.41) is 6.55. The molecule has 2 aliphatic heterocycles. The summed E-state index contributed by atoms with van der Waals surface area (Å²) >= 11 is 0. The summed E-state index contributed by atoms with van der Waals surface area (Å²) in [5.41, 5.74) is -0.717. The topological polar surface area (TPSA) is 76.7 Å². The summed E-state index contributed by atoms with van der Waals surface area (Å²) in [7, 11) is 2.91. The molecule has 0 aromatic rings. The highest BCUT2D eigenvalue weighted by molar-refractivity contribution is 5.85. The number of carbonyl (C=O) groups excluding carboxylic acids is 2. The molecule has 0 saturated carbocycles. The van der Waals surface area contributed by atoms with Crippen molar-refractivity contribution < 1.29 is 19.1 Å². The van der Waals surface area contributed by atoms with Gasteiger partial charge < -0.3 is 20.1 Å². The lowest BCUT2D eigenvalue weighted by Crippen LogP contribution is -2.51. The van der Waals surface area contributed by atoms with Crippen LogP contribution < -0.4 is 10.6 Å². The number of piperidine rings is 1. The minimum absolute atomic E-state index is 0. The fraction of sp³-hybridized carbons (Fsp3) is 0.875. The SMILES string of the molecule is COCC(C)(CC(=O)OC)NC(=O)CC1CC2CCC(C1)N2.Cl. The van der Waals surface area contributed by atoms with Gasteiger partial charge in [-0.2, -0.15) is 0 Å². The second-order valence-electron chi connectivity index (χ2n) is 6.97. The number of rotatable bonds is 7. The predicted molar refractivity (Wildman–Crippen MR) is 89.6 cm³/mol. The third kappa shape index (κ3) is 5.94. The van der Waals surface area contributed by atoms with Crippen LogP contribution in [0.5, 0.6) is 0 Å². The smallest absolute Gasteiger partial charge is 0.307 e. The van der Waals surface area contributed by atoms with Gasteiger partial charge in [-0.05, 0) is 38.5 Å². The van der Waals surface area contributed by atoms with Gasteiger partial charge in [0.05, 0.1) is 25.7 Å².